The van der Waals surface area contributed by atoms with Crippen LogP contribution in [0.1, 0.15) is 45.6 Å². The molecule has 1 aromatic carbocycles. The lowest BCUT2D eigenvalue weighted by atomic mass is 9.91. The number of halogens is 1. The van der Waals surface area contributed by atoms with Crippen molar-refractivity contribution in [2.75, 3.05) is 13.2 Å². The number of hydrogen-bond acceptors (Lipinski definition) is 2. The highest BCUT2D eigenvalue weighted by Gasteiger charge is 2.41. The van der Waals surface area contributed by atoms with Crippen LogP contribution in [0.25, 0.3) is 0 Å². The average molecular weight is 266 g/mol. The lowest BCUT2D eigenvalue weighted by Crippen LogP contribution is -2.45. The quantitative estimate of drug-likeness (QED) is 0.811. The van der Waals surface area contributed by atoms with Crippen LogP contribution in [0.15, 0.2) is 24.3 Å². The first-order chi connectivity index (χ1) is 8.97. The molecule has 19 heavy (non-hydrogen) atoms. The molecule has 1 aliphatic heterocycles. The summed E-state index contributed by atoms with van der Waals surface area (Å²) in [5, 5.41) is 0. The number of rotatable bonds is 4. The van der Waals surface area contributed by atoms with Crippen molar-refractivity contribution in [3.63, 3.8) is 0 Å². The Morgan fingerprint density at radius 1 is 1.11 bits per heavy atom. The molecule has 0 amide bonds. The fourth-order valence-corrected chi connectivity index (χ4v) is 2.28. The monoisotopic (exact) mass is 266 g/mol. The Morgan fingerprint density at radius 3 is 2.21 bits per heavy atom. The van der Waals surface area contributed by atoms with Crippen LogP contribution in [0.5, 0.6) is 0 Å². The Bertz CT molecular complexity index is 401. The van der Waals surface area contributed by atoms with Gasteiger partial charge in [0.25, 0.3) is 0 Å². The summed E-state index contributed by atoms with van der Waals surface area (Å²) in [6, 6.07) is 6.47. The Kier molecular flexibility index (Phi) is 4.26. The highest BCUT2D eigenvalue weighted by molar-refractivity contribution is 5.21. The minimum atomic E-state index is -0.695. The Balaban J connectivity index is 2.23. The molecule has 0 aromatic heterocycles. The Hall–Kier alpha value is -0.930. The van der Waals surface area contributed by atoms with Crippen LogP contribution in [0, 0.1) is 11.2 Å². The van der Waals surface area contributed by atoms with Gasteiger partial charge in [0, 0.05) is 17.4 Å². The summed E-state index contributed by atoms with van der Waals surface area (Å²) in [5.41, 5.74) is 0.952. The molecule has 3 heteroatoms. The maximum Gasteiger partial charge on any atom is 0.194 e. The molecule has 1 aromatic rings. The first-order valence-corrected chi connectivity index (χ1v) is 7.01. The van der Waals surface area contributed by atoms with Gasteiger partial charge in [-0.3, -0.25) is 0 Å². The van der Waals surface area contributed by atoms with Crippen LogP contribution in [-0.4, -0.2) is 13.2 Å². The van der Waals surface area contributed by atoms with E-state index in [0.29, 0.717) is 13.2 Å². The average Bonchev–Trinajstić information content (AvgIpc) is 2.39. The molecule has 1 saturated heterocycles. The zero-order chi connectivity index (χ0) is 13.9. The highest BCUT2D eigenvalue weighted by Crippen LogP contribution is 2.40. The van der Waals surface area contributed by atoms with Gasteiger partial charge in [0.2, 0.25) is 0 Å². The van der Waals surface area contributed by atoms with E-state index in [9.17, 15) is 4.39 Å². The zero-order valence-corrected chi connectivity index (χ0v) is 12.0. The second-order valence-corrected chi connectivity index (χ2v) is 6.10. The van der Waals surface area contributed by atoms with Gasteiger partial charge >= 0.3 is 0 Å². The number of benzene rings is 1. The Labute approximate surface area is 114 Å². The van der Waals surface area contributed by atoms with Gasteiger partial charge in [-0.25, -0.2) is 4.39 Å². The molecular weight excluding hydrogens is 243 g/mol. The lowest BCUT2D eigenvalue weighted by molar-refractivity contribution is -0.311. The molecule has 0 unspecified atom stereocenters. The number of ether oxygens (including phenoxy) is 2. The highest BCUT2D eigenvalue weighted by atomic mass is 19.1. The molecule has 0 saturated carbocycles. The van der Waals surface area contributed by atoms with Crippen molar-refractivity contribution in [3.05, 3.63) is 35.6 Å². The summed E-state index contributed by atoms with van der Waals surface area (Å²) in [6.07, 6.45) is 2.92. The van der Waals surface area contributed by atoms with Crippen LogP contribution in [-0.2, 0) is 15.3 Å². The maximum atomic E-state index is 13.1. The van der Waals surface area contributed by atoms with E-state index in [0.717, 1.165) is 24.8 Å². The van der Waals surface area contributed by atoms with Gasteiger partial charge in [-0.2, -0.15) is 0 Å². The van der Waals surface area contributed by atoms with Crippen LogP contribution < -0.4 is 0 Å². The topological polar surface area (TPSA) is 18.5 Å². The molecule has 0 N–H and O–H groups in total. The first kappa shape index (κ1) is 14.5. The molecule has 0 aliphatic carbocycles. The standard InChI is InChI=1S/C16H23FO2/c1-4-5-10-16(13-6-8-14(17)9-7-13)18-11-15(2,3)12-19-16/h6-9H,4-5,10-12H2,1-3H3. The second-order valence-electron chi connectivity index (χ2n) is 6.10. The summed E-state index contributed by atoms with van der Waals surface area (Å²) in [4.78, 5) is 0. The third kappa shape index (κ3) is 3.34. The molecule has 0 spiro atoms. The third-order valence-electron chi connectivity index (χ3n) is 3.54. The van der Waals surface area contributed by atoms with Crippen molar-refractivity contribution in [2.45, 2.75) is 45.8 Å². The van der Waals surface area contributed by atoms with Crippen molar-refractivity contribution in [1.82, 2.24) is 0 Å². The molecule has 0 bridgehead atoms. The molecule has 2 nitrogen and oxygen atoms in total. The second kappa shape index (κ2) is 5.59. The van der Waals surface area contributed by atoms with Crippen molar-refractivity contribution in [2.24, 2.45) is 5.41 Å². The predicted molar refractivity (Wildman–Crippen MR) is 73.3 cm³/mol. The third-order valence-corrected chi connectivity index (χ3v) is 3.54. The van der Waals surface area contributed by atoms with E-state index in [1.807, 2.05) is 0 Å². The smallest absolute Gasteiger partial charge is 0.194 e. The van der Waals surface area contributed by atoms with Crippen molar-refractivity contribution < 1.29 is 13.9 Å². The molecule has 1 fully saturated rings. The molecule has 1 aliphatic rings. The van der Waals surface area contributed by atoms with Gasteiger partial charge in [0.05, 0.1) is 13.2 Å². The van der Waals surface area contributed by atoms with E-state index in [-0.39, 0.29) is 11.2 Å². The molecular formula is C16H23FO2. The molecule has 2 rings (SSSR count). The van der Waals surface area contributed by atoms with Gasteiger partial charge in [0.15, 0.2) is 5.79 Å². The largest absolute Gasteiger partial charge is 0.345 e. The SMILES string of the molecule is CCCCC1(c2ccc(F)cc2)OCC(C)(C)CO1. The van der Waals surface area contributed by atoms with Gasteiger partial charge in [0.1, 0.15) is 5.82 Å². The molecule has 0 atom stereocenters. The van der Waals surface area contributed by atoms with E-state index >= 15 is 0 Å². The number of unbranched alkanes of at least 4 members (excludes halogenated alkanes) is 1. The van der Waals surface area contributed by atoms with E-state index in [1.165, 1.54) is 12.1 Å². The van der Waals surface area contributed by atoms with Crippen LogP contribution in [0.3, 0.4) is 0 Å². The molecule has 1 heterocycles. The normalized spacial score (nSPS) is 21.3. The predicted octanol–water partition coefficient (Wildman–Crippen LogP) is 4.24. The first-order valence-electron chi connectivity index (χ1n) is 7.01. The van der Waals surface area contributed by atoms with Crippen molar-refractivity contribution in [1.29, 1.82) is 0 Å². The fraction of sp³-hybridized carbons (Fsp3) is 0.625. The fourth-order valence-electron chi connectivity index (χ4n) is 2.28. The van der Waals surface area contributed by atoms with E-state index in [1.54, 1.807) is 12.1 Å². The van der Waals surface area contributed by atoms with Gasteiger partial charge in [-0.1, -0.05) is 39.3 Å². The zero-order valence-electron chi connectivity index (χ0n) is 12.0. The summed E-state index contributed by atoms with van der Waals surface area (Å²) >= 11 is 0. The summed E-state index contributed by atoms with van der Waals surface area (Å²) in [6.45, 7) is 7.72. The van der Waals surface area contributed by atoms with Crippen LogP contribution in [0.4, 0.5) is 4.39 Å². The van der Waals surface area contributed by atoms with Gasteiger partial charge in [-0.05, 0) is 18.6 Å². The Morgan fingerprint density at radius 2 is 1.68 bits per heavy atom. The summed E-state index contributed by atoms with van der Waals surface area (Å²) < 4.78 is 25.2. The van der Waals surface area contributed by atoms with Gasteiger partial charge < -0.3 is 9.47 Å². The van der Waals surface area contributed by atoms with Crippen LogP contribution >= 0.6 is 0 Å². The van der Waals surface area contributed by atoms with E-state index < -0.39 is 5.79 Å². The van der Waals surface area contributed by atoms with E-state index in [2.05, 4.69) is 20.8 Å². The molecule has 0 radical (unpaired) electrons. The minimum absolute atomic E-state index is 0.0374. The van der Waals surface area contributed by atoms with Gasteiger partial charge in [-0.15, -0.1) is 0 Å². The van der Waals surface area contributed by atoms with E-state index in [4.69, 9.17) is 9.47 Å². The van der Waals surface area contributed by atoms with Crippen molar-refractivity contribution >= 4 is 0 Å². The summed E-state index contributed by atoms with van der Waals surface area (Å²) in [7, 11) is 0. The maximum absolute atomic E-state index is 13.1. The number of hydrogen-bond donors (Lipinski definition) is 0. The lowest BCUT2D eigenvalue weighted by Gasteiger charge is -2.44. The molecule has 106 valence electrons. The van der Waals surface area contributed by atoms with Crippen molar-refractivity contribution in [3.8, 4) is 0 Å². The minimum Gasteiger partial charge on any atom is -0.345 e. The summed E-state index contributed by atoms with van der Waals surface area (Å²) in [5.74, 6) is -0.926. The van der Waals surface area contributed by atoms with Crippen LogP contribution in [0.2, 0.25) is 0 Å².